The van der Waals surface area contributed by atoms with Gasteiger partial charge in [0, 0.05) is 5.41 Å². The maximum absolute atomic E-state index is 9.46. The molecule has 78 valence electrons. The highest BCUT2D eigenvalue weighted by Crippen LogP contribution is 2.67. The molecule has 0 bridgehead atoms. The van der Waals surface area contributed by atoms with Crippen LogP contribution in [-0.2, 0) is 0 Å². The fourth-order valence-electron chi connectivity index (χ4n) is 3.91. The molecule has 3 rings (SSSR count). The van der Waals surface area contributed by atoms with Crippen molar-refractivity contribution in [3.8, 4) is 0 Å². The van der Waals surface area contributed by atoms with Gasteiger partial charge in [0.1, 0.15) is 0 Å². The van der Waals surface area contributed by atoms with Gasteiger partial charge in [-0.15, -0.1) is 0 Å². The average molecular weight is 194 g/mol. The molecule has 0 heterocycles. The van der Waals surface area contributed by atoms with Crippen molar-refractivity contribution >= 4 is 0 Å². The van der Waals surface area contributed by atoms with Crippen LogP contribution in [0.5, 0.6) is 0 Å². The molecule has 2 nitrogen and oxygen atoms in total. The Morgan fingerprint density at radius 1 is 1.36 bits per heavy atom. The van der Waals surface area contributed by atoms with E-state index in [1.165, 1.54) is 19.3 Å². The molecule has 2 saturated carbocycles. The number of rotatable bonds is 2. The van der Waals surface area contributed by atoms with Gasteiger partial charge < -0.3 is 10.2 Å². The summed E-state index contributed by atoms with van der Waals surface area (Å²) >= 11 is 0. The van der Waals surface area contributed by atoms with Crippen molar-refractivity contribution in [2.24, 2.45) is 23.2 Å². The van der Waals surface area contributed by atoms with E-state index in [1.54, 1.807) is 0 Å². The normalized spacial score (nSPS) is 49.6. The van der Waals surface area contributed by atoms with E-state index in [9.17, 15) is 10.2 Å². The second-order valence-corrected chi connectivity index (χ2v) is 5.23. The zero-order chi connectivity index (χ0) is 9.76. The van der Waals surface area contributed by atoms with E-state index in [1.807, 2.05) is 0 Å². The molecular weight excluding hydrogens is 176 g/mol. The predicted octanol–water partition coefficient (Wildman–Crippen LogP) is 1.33. The van der Waals surface area contributed by atoms with Gasteiger partial charge in [-0.25, -0.2) is 0 Å². The smallest absolute Gasteiger partial charge is 0.0648 e. The van der Waals surface area contributed by atoms with Crippen molar-refractivity contribution in [3.05, 3.63) is 11.6 Å². The fraction of sp³-hybridized carbons (Fsp3) is 0.833. The SMILES string of the molecule is OCC1=CC2CCCC2C2CC12CO. The Morgan fingerprint density at radius 2 is 2.21 bits per heavy atom. The van der Waals surface area contributed by atoms with Crippen molar-refractivity contribution in [1.82, 2.24) is 0 Å². The third-order valence-corrected chi connectivity index (χ3v) is 4.78. The highest BCUT2D eigenvalue weighted by molar-refractivity contribution is 5.32. The van der Waals surface area contributed by atoms with Gasteiger partial charge in [-0.3, -0.25) is 0 Å². The third kappa shape index (κ3) is 0.934. The Morgan fingerprint density at radius 3 is 2.93 bits per heavy atom. The number of hydrogen-bond acceptors (Lipinski definition) is 2. The van der Waals surface area contributed by atoms with Gasteiger partial charge in [0.2, 0.25) is 0 Å². The van der Waals surface area contributed by atoms with E-state index in [0.717, 1.165) is 17.9 Å². The minimum Gasteiger partial charge on any atom is -0.395 e. The highest BCUT2D eigenvalue weighted by atomic mass is 16.3. The predicted molar refractivity (Wildman–Crippen MR) is 53.6 cm³/mol. The van der Waals surface area contributed by atoms with Crippen molar-refractivity contribution in [3.63, 3.8) is 0 Å². The second kappa shape index (κ2) is 2.83. The minimum atomic E-state index is 0.0141. The molecule has 3 aliphatic rings. The molecule has 0 aromatic carbocycles. The molecule has 0 amide bonds. The molecule has 14 heavy (non-hydrogen) atoms. The Balaban J connectivity index is 1.95. The summed E-state index contributed by atoms with van der Waals surface area (Å²) < 4.78 is 0. The maximum atomic E-state index is 9.46. The molecule has 0 aromatic rings. The monoisotopic (exact) mass is 194 g/mol. The molecular formula is C12H18O2. The zero-order valence-corrected chi connectivity index (χ0v) is 8.45. The van der Waals surface area contributed by atoms with Crippen LogP contribution in [0.3, 0.4) is 0 Å². The molecule has 0 radical (unpaired) electrons. The van der Waals surface area contributed by atoms with Crippen molar-refractivity contribution in [2.75, 3.05) is 13.2 Å². The Hall–Kier alpha value is -0.340. The van der Waals surface area contributed by atoms with Crippen LogP contribution >= 0.6 is 0 Å². The molecule has 2 fully saturated rings. The van der Waals surface area contributed by atoms with Gasteiger partial charge in [0.15, 0.2) is 0 Å². The lowest BCUT2D eigenvalue weighted by molar-refractivity contribution is 0.176. The van der Waals surface area contributed by atoms with Gasteiger partial charge in [-0.2, -0.15) is 0 Å². The van der Waals surface area contributed by atoms with E-state index in [0.29, 0.717) is 11.8 Å². The van der Waals surface area contributed by atoms with Crippen molar-refractivity contribution in [2.45, 2.75) is 25.7 Å². The molecule has 2 heteroatoms. The van der Waals surface area contributed by atoms with Crippen molar-refractivity contribution < 1.29 is 10.2 Å². The Bertz CT molecular complexity index is 284. The van der Waals surface area contributed by atoms with Crippen LogP contribution in [0.15, 0.2) is 11.6 Å². The lowest BCUT2D eigenvalue weighted by Gasteiger charge is -2.29. The summed E-state index contributed by atoms with van der Waals surface area (Å²) in [6.45, 7) is 0.396. The molecule has 2 N–H and O–H groups in total. The lowest BCUT2D eigenvalue weighted by atomic mass is 9.77. The number of allylic oxidation sites excluding steroid dienone is 1. The molecule has 0 aromatic heterocycles. The Kier molecular flexibility index (Phi) is 1.80. The third-order valence-electron chi connectivity index (χ3n) is 4.78. The van der Waals surface area contributed by atoms with E-state index in [-0.39, 0.29) is 18.6 Å². The van der Waals surface area contributed by atoms with Crippen molar-refractivity contribution in [1.29, 1.82) is 0 Å². The molecule has 3 aliphatic carbocycles. The Labute approximate surface area is 84.6 Å². The average Bonchev–Trinajstić information content (AvgIpc) is 2.80. The van der Waals surface area contributed by atoms with Gasteiger partial charge in [0.25, 0.3) is 0 Å². The first kappa shape index (κ1) is 8.93. The molecule has 4 unspecified atom stereocenters. The summed E-state index contributed by atoms with van der Waals surface area (Å²) in [6.07, 6.45) is 7.37. The summed E-state index contributed by atoms with van der Waals surface area (Å²) in [5.41, 5.74) is 1.15. The largest absolute Gasteiger partial charge is 0.395 e. The molecule has 0 saturated heterocycles. The highest BCUT2D eigenvalue weighted by Gasteiger charge is 2.62. The number of aliphatic hydroxyl groups is 2. The topological polar surface area (TPSA) is 40.5 Å². The minimum absolute atomic E-state index is 0.0141. The summed E-state index contributed by atoms with van der Waals surface area (Å²) in [6, 6.07) is 0. The van der Waals surface area contributed by atoms with Crippen LogP contribution in [-0.4, -0.2) is 23.4 Å². The van der Waals surface area contributed by atoms with Crippen LogP contribution in [0.25, 0.3) is 0 Å². The fourth-order valence-corrected chi connectivity index (χ4v) is 3.91. The summed E-state index contributed by atoms with van der Waals surface area (Å²) in [5.74, 6) is 2.22. The molecule has 4 atom stereocenters. The van der Waals surface area contributed by atoms with Crippen LogP contribution in [0, 0.1) is 23.2 Å². The van der Waals surface area contributed by atoms with E-state index < -0.39 is 0 Å². The quantitative estimate of drug-likeness (QED) is 0.651. The van der Waals surface area contributed by atoms with Crippen LogP contribution in [0.4, 0.5) is 0 Å². The second-order valence-electron chi connectivity index (χ2n) is 5.23. The van der Waals surface area contributed by atoms with E-state index in [4.69, 9.17) is 0 Å². The summed E-state index contributed by atoms with van der Waals surface area (Å²) in [4.78, 5) is 0. The van der Waals surface area contributed by atoms with Gasteiger partial charge in [-0.05, 0) is 42.6 Å². The number of hydrogen-bond donors (Lipinski definition) is 2. The standard InChI is InChI=1S/C12H18O2/c13-6-9-4-8-2-1-3-10(8)11-5-12(9,11)7-14/h4,8,10-11,13-14H,1-3,5-7H2. The van der Waals surface area contributed by atoms with E-state index in [2.05, 4.69) is 6.08 Å². The van der Waals surface area contributed by atoms with Crippen LogP contribution < -0.4 is 0 Å². The lowest BCUT2D eigenvalue weighted by Crippen LogP contribution is -2.26. The zero-order valence-electron chi connectivity index (χ0n) is 8.45. The summed E-state index contributed by atoms with van der Waals surface area (Å²) in [5, 5.41) is 18.8. The van der Waals surface area contributed by atoms with Crippen LogP contribution in [0.2, 0.25) is 0 Å². The van der Waals surface area contributed by atoms with Crippen LogP contribution in [0.1, 0.15) is 25.7 Å². The first-order chi connectivity index (χ1) is 6.81. The number of aliphatic hydroxyl groups excluding tert-OH is 2. The van der Waals surface area contributed by atoms with Gasteiger partial charge >= 0.3 is 0 Å². The van der Waals surface area contributed by atoms with E-state index >= 15 is 0 Å². The number of fused-ring (bicyclic) bond motifs is 3. The molecule has 0 spiro atoms. The summed E-state index contributed by atoms with van der Waals surface area (Å²) in [7, 11) is 0. The molecule has 0 aliphatic heterocycles. The van der Waals surface area contributed by atoms with Gasteiger partial charge in [0.05, 0.1) is 13.2 Å². The first-order valence-electron chi connectivity index (χ1n) is 5.75. The maximum Gasteiger partial charge on any atom is 0.0648 e. The van der Waals surface area contributed by atoms with Gasteiger partial charge in [-0.1, -0.05) is 12.5 Å². The first-order valence-corrected chi connectivity index (χ1v) is 5.75.